The fourth-order valence-electron chi connectivity index (χ4n) is 2.68. The van der Waals surface area contributed by atoms with Crippen LogP contribution < -0.4 is 0 Å². The van der Waals surface area contributed by atoms with E-state index in [1.165, 1.54) is 16.0 Å². The number of ketones is 1. The molecular weight excluding hydrogens is 276 g/mol. The minimum Gasteiger partial charge on any atom is -0.299 e. The lowest BCUT2D eigenvalue weighted by Gasteiger charge is -2.10. The third-order valence-corrected chi connectivity index (χ3v) is 5.04. The molecule has 1 aromatic heterocycles. The first kappa shape index (κ1) is 16.0. The second-order valence-corrected chi connectivity index (χ2v) is 6.50. The molecular formula is C19H24OS. The van der Waals surface area contributed by atoms with Crippen LogP contribution in [0.2, 0.25) is 0 Å². The van der Waals surface area contributed by atoms with Crippen LogP contribution in [0.4, 0.5) is 0 Å². The lowest BCUT2D eigenvalue weighted by atomic mass is 9.94. The smallest absolute Gasteiger partial charge is 0.135 e. The summed E-state index contributed by atoms with van der Waals surface area (Å²) in [5.41, 5.74) is 2.56. The Morgan fingerprint density at radius 2 is 1.81 bits per heavy atom. The second kappa shape index (κ2) is 8.14. The quantitative estimate of drug-likeness (QED) is 0.607. The summed E-state index contributed by atoms with van der Waals surface area (Å²) in [5, 5.41) is 2.22. The summed E-state index contributed by atoms with van der Waals surface area (Å²) in [6.07, 6.45) is 4.68. The van der Waals surface area contributed by atoms with Crippen LogP contribution in [0.3, 0.4) is 0 Å². The van der Waals surface area contributed by atoms with Crippen molar-refractivity contribution in [3.8, 4) is 11.1 Å². The van der Waals surface area contributed by atoms with Crippen LogP contribution >= 0.6 is 11.3 Å². The minimum atomic E-state index is 0.271. The van der Waals surface area contributed by atoms with Crippen molar-refractivity contribution in [2.75, 3.05) is 0 Å². The Hall–Kier alpha value is -1.41. The Morgan fingerprint density at radius 3 is 2.48 bits per heavy atom. The number of benzene rings is 1. The molecule has 1 heterocycles. The Morgan fingerprint density at radius 1 is 1.10 bits per heavy atom. The summed E-state index contributed by atoms with van der Waals surface area (Å²) in [6.45, 7) is 4.22. The molecule has 0 aliphatic carbocycles. The fraction of sp³-hybridized carbons (Fsp3) is 0.421. The number of thiophene rings is 1. The molecule has 0 fully saturated rings. The minimum absolute atomic E-state index is 0.271. The average Bonchev–Trinajstić information content (AvgIpc) is 2.98. The van der Waals surface area contributed by atoms with Gasteiger partial charge < -0.3 is 0 Å². The van der Waals surface area contributed by atoms with Crippen LogP contribution in [0.1, 0.15) is 44.4 Å². The number of hydrogen-bond acceptors (Lipinski definition) is 2. The van der Waals surface area contributed by atoms with Crippen molar-refractivity contribution in [2.45, 2.75) is 46.0 Å². The molecule has 2 rings (SSSR count). The number of hydrogen-bond donors (Lipinski definition) is 0. The zero-order chi connectivity index (χ0) is 15.1. The molecule has 0 saturated heterocycles. The number of carbonyl (C=O) groups excluding carboxylic acids is 1. The van der Waals surface area contributed by atoms with Gasteiger partial charge in [-0.15, -0.1) is 11.3 Å². The summed E-state index contributed by atoms with van der Waals surface area (Å²) in [4.78, 5) is 13.4. The Balaban J connectivity index is 1.85. The number of aryl methyl sites for hydroxylation is 1. The van der Waals surface area contributed by atoms with Crippen molar-refractivity contribution < 1.29 is 4.79 Å². The highest BCUT2D eigenvalue weighted by molar-refractivity contribution is 7.10. The largest absolute Gasteiger partial charge is 0.299 e. The SMILES string of the molecule is CCC(CC)C(=O)CCCc1cc(-c2ccccc2)cs1. The van der Waals surface area contributed by atoms with Crippen LogP contribution in [-0.4, -0.2) is 5.78 Å². The highest BCUT2D eigenvalue weighted by Gasteiger charge is 2.13. The predicted molar refractivity (Wildman–Crippen MR) is 91.8 cm³/mol. The first-order valence-electron chi connectivity index (χ1n) is 7.90. The molecule has 0 atom stereocenters. The van der Waals surface area contributed by atoms with E-state index >= 15 is 0 Å². The molecule has 0 N–H and O–H groups in total. The van der Waals surface area contributed by atoms with Crippen molar-refractivity contribution in [3.05, 3.63) is 46.7 Å². The molecule has 0 aliphatic rings. The molecule has 1 nitrogen and oxygen atoms in total. The highest BCUT2D eigenvalue weighted by Crippen LogP contribution is 2.26. The summed E-state index contributed by atoms with van der Waals surface area (Å²) < 4.78 is 0. The van der Waals surface area contributed by atoms with Crippen molar-refractivity contribution in [2.24, 2.45) is 5.92 Å². The van der Waals surface area contributed by atoms with Gasteiger partial charge in [0.25, 0.3) is 0 Å². The molecule has 2 heteroatoms. The molecule has 0 radical (unpaired) electrons. The first-order chi connectivity index (χ1) is 10.2. The number of Topliss-reactive ketones (excluding diaryl/α,β-unsaturated/α-hetero) is 1. The van der Waals surface area contributed by atoms with Crippen molar-refractivity contribution in [1.82, 2.24) is 0 Å². The van der Waals surface area contributed by atoms with E-state index < -0.39 is 0 Å². The Labute approximate surface area is 132 Å². The van der Waals surface area contributed by atoms with Crippen molar-refractivity contribution in [3.63, 3.8) is 0 Å². The lowest BCUT2D eigenvalue weighted by Crippen LogP contribution is -2.12. The van der Waals surface area contributed by atoms with E-state index in [2.05, 4.69) is 49.6 Å². The van der Waals surface area contributed by atoms with Gasteiger partial charge in [-0.05, 0) is 48.3 Å². The van der Waals surface area contributed by atoms with Crippen LogP contribution in [0.5, 0.6) is 0 Å². The van der Waals surface area contributed by atoms with Crippen LogP contribution in [-0.2, 0) is 11.2 Å². The predicted octanol–water partition coefficient (Wildman–Crippen LogP) is 5.74. The van der Waals surface area contributed by atoms with E-state index in [4.69, 9.17) is 0 Å². The summed E-state index contributed by atoms with van der Waals surface area (Å²) in [7, 11) is 0. The molecule has 0 spiro atoms. The molecule has 0 aliphatic heterocycles. The van der Waals surface area contributed by atoms with Gasteiger partial charge in [0.15, 0.2) is 0 Å². The third-order valence-electron chi connectivity index (χ3n) is 4.05. The zero-order valence-electron chi connectivity index (χ0n) is 13.0. The van der Waals surface area contributed by atoms with E-state index in [-0.39, 0.29) is 5.92 Å². The number of carbonyl (C=O) groups is 1. The molecule has 0 amide bonds. The maximum atomic E-state index is 12.0. The first-order valence-corrected chi connectivity index (χ1v) is 8.78. The zero-order valence-corrected chi connectivity index (χ0v) is 13.8. The standard InChI is InChI=1S/C19H24OS/c1-3-15(4-2)19(20)12-8-11-18-13-17(14-21-18)16-9-6-5-7-10-16/h5-7,9-10,13-15H,3-4,8,11-12H2,1-2H3. The van der Waals surface area contributed by atoms with E-state index in [0.717, 1.165) is 32.1 Å². The Kier molecular flexibility index (Phi) is 6.19. The van der Waals surface area contributed by atoms with Gasteiger partial charge in [-0.3, -0.25) is 4.79 Å². The van der Waals surface area contributed by atoms with Gasteiger partial charge >= 0.3 is 0 Å². The summed E-state index contributed by atoms with van der Waals surface area (Å²) in [6, 6.07) is 12.7. The summed E-state index contributed by atoms with van der Waals surface area (Å²) >= 11 is 1.80. The highest BCUT2D eigenvalue weighted by atomic mass is 32.1. The van der Waals surface area contributed by atoms with Crippen LogP contribution in [0, 0.1) is 5.92 Å². The van der Waals surface area contributed by atoms with E-state index in [0.29, 0.717) is 5.78 Å². The maximum Gasteiger partial charge on any atom is 0.135 e. The molecule has 0 unspecified atom stereocenters. The lowest BCUT2D eigenvalue weighted by molar-refractivity contribution is -0.123. The van der Waals surface area contributed by atoms with Crippen LogP contribution in [0.15, 0.2) is 41.8 Å². The topological polar surface area (TPSA) is 17.1 Å². The second-order valence-electron chi connectivity index (χ2n) is 5.50. The fourth-order valence-corrected chi connectivity index (χ4v) is 3.62. The molecule has 112 valence electrons. The van der Waals surface area contributed by atoms with Gasteiger partial charge in [-0.25, -0.2) is 0 Å². The summed E-state index contributed by atoms with van der Waals surface area (Å²) in [5.74, 6) is 0.716. The monoisotopic (exact) mass is 300 g/mol. The number of rotatable bonds is 8. The van der Waals surface area contributed by atoms with Crippen LogP contribution in [0.25, 0.3) is 11.1 Å². The van der Waals surface area contributed by atoms with Gasteiger partial charge in [0.2, 0.25) is 0 Å². The molecule has 21 heavy (non-hydrogen) atoms. The van der Waals surface area contributed by atoms with E-state index in [9.17, 15) is 4.79 Å². The van der Waals surface area contributed by atoms with E-state index in [1.54, 1.807) is 11.3 Å². The average molecular weight is 300 g/mol. The molecule has 1 aromatic carbocycles. The van der Waals surface area contributed by atoms with Crippen molar-refractivity contribution in [1.29, 1.82) is 0 Å². The van der Waals surface area contributed by atoms with Gasteiger partial charge in [0, 0.05) is 17.2 Å². The third kappa shape index (κ3) is 4.53. The molecule has 0 saturated carbocycles. The Bertz CT molecular complexity index is 552. The van der Waals surface area contributed by atoms with Gasteiger partial charge in [-0.1, -0.05) is 44.2 Å². The molecule has 0 bridgehead atoms. The van der Waals surface area contributed by atoms with Gasteiger partial charge in [0.1, 0.15) is 5.78 Å². The maximum absolute atomic E-state index is 12.0. The normalized spacial score (nSPS) is 11.0. The van der Waals surface area contributed by atoms with E-state index in [1.807, 2.05) is 6.07 Å². The van der Waals surface area contributed by atoms with Gasteiger partial charge in [-0.2, -0.15) is 0 Å². The molecule has 2 aromatic rings. The van der Waals surface area contributed by atoms with Crippen molar-refractivity contribution >= 4 is 17.1 Å². The van der Waals surface area contributed by atoms with Gasteiger partial charge in [0.05, 0.1) is 0 Å².